The van der Waals surface area contributed by atoms with Crippen LogP contribution < -0.4 is 10.5 Å². The number of hydrogen-bond acceptors (Lipinski definition) is 2. The van der Waals surface area contributed by atoms with Gasteiger partial charge in [-0.3, -0.25) is 0 Å². The summed E-state index contributed by atoms with van der Waals surface area (Å²) in [5.74, 6) is 1.62. The normalized spacial score (nSPS) is 20.8. The topological polar surface area (TPSA) is 35.2 Å². The monoisotopic (exact) mass is 205 g/mol. The van der Waals surface area contributed by atoms with Crippen LogP contribution in [0.15, 0.2) is 24.3 Å². The smallest absolute Gasteiger partial charge is 0.122 e. The predicted octanol–water partition coefficient (Wildman–Crippen LogP) is 2.68. The molecular weight excluding hydrogens is 186 g/mol. The summed E-state index contributed by atoms with van der Waals surface area (Å²) < 4.78 is 5.64. The second-order valence-electron chi connectivity index (χ2n) is 4.29. The van der Waals surface area contributed by atoms with Crippen molar-refractivity contribution in [1.82, 2.24) is 0 Å². The first-order chi connectivity index (χ1) is 7.31. The van der Waals surface area contributed by atoms with Crippen LogP contribution in [0, 0.1) is 0 Å². The summed E-state index contributed by atoms with van der Waals surface area (Å²) in [6.07, 6.45) is 3.31. The van der Waals surface area contributed by atoms with Crippen molar-refractivity contribution in [1.29, 1.82) is 0 Å². The largest absolute Gasteiger partial charge is 0.493 e. The van der Waals surface area contributed by atoms with Gasteiger partial charge in [-0.1, -0.05) is 25.1 Å². The van der Waals surface area contributed by atoms with Crippen molar-refractivity contribution < 1.29 is 4.74 Å². The fraction of sp³-hybridized carbons (Fsp3) is 0.538. The Labute approximate surface area is 91.4 Å². The highest BCUT2D eigenvalue weighted by molar-refractivity contribution is 5.39. The summed E-state index contributed by atoms with van der Waals surface area (Å²) in [7, 11) is 0. The van der Waals surface area contributed by atoms with E-state index in [4.69, 9.17) is 10.5 Å². The second-order valence-corrected chi connectivity index (χ2v) is 4.29. The molecule has 2 N–H and O–H groups in total. The molecule has 2 heteroatoms. The van der Waals surface area contributed by atoms with Gasteiger partial charge in [-0.05, 0) is 25.3 Å². The molecule has 15 heavy (non-hydrogen) atoms. The Morgan fingerprint density at radius 2 is 2.27 bits per heavy atom. The average Bonchev–Trinajstić information content (AvgIpc) is 2.69. The maximum atomic E-state index is 5.93. The first-order valence-electron chi connectivity index (χ1n) is 5.78. The lowest BCUT2D eigenvalue weighted by molar-refractivity contribution is 0.320. The van der Waals surface area contributed by atoms with E-state index in [0.717, 1.165) is 31.6 Å². The maximum absolute atomic E-state index is 5.93. The van der Waals surface area contributed by atoms with Crippen molar-refractivity contribution in [3.63, 3.8) is 0 Å². The second kappa shape index (κ2) is 4.67. The van der Waals surface area contributed by atoms with Gasteiger partial charge in [0.1, 0.15) is 5.75 Å². The van der Waals surface area contributed by atoms with E-state index in [1.165, 1.54) is 5.56 Å². The predicted molar refractivity (Wildman–Crippen MR) is 62.2 cm³/mol. The molecule has 0 fully saturated rings. The van der Waals surface area contributed by atoms with Crippen molar-refractivity contribution in [3.05, 3.63) is 29.8 Å². The molecule has 0 spiro atoms. The molecule has 0 aromatic heterocycles. The summed E-state index contributed by atoms with van der Waals surface area (Å²) in [4.78, 5) is 0. The van der Waals surface area contributed by atoms with Crippen LogP contribution in [0.3, 0.4) is 0 Å². The van der Waals surface area contributed by atoms with Gasteiger partial charge in [-0.2, -0.15) is 0 Å². The molecule has 2 unspecified atom stereocenters. The van der Waals surface area contributed by atoms with Crippen LogP contribution in [0.5, 0.6) is 5.75 Å². The summed E-state index contributed by atoms with van der Waals surface area (Å²) in [5.41, 5.74) is 7.29. The molecule has 1 aliphatic rings. The molecule has 0 radical (unpaired) electrons. The standard InChI is InChI=1S/C13H19NO/c1-2-11(14)8-7-10-9-15-13-6-4-3-5-12(10)13/h3-6,10-11H,2,7-9,14H2,1H3. The third-order valence-corrected chi connectivity index (χ3v) is 3.21. The maximum Gasteiger partial charge on any atom is 0.122 e. The van der Waals surface area contributed by atoms with Gasteiger partial charge in [0.05, 0.1) is 6.61 Å². The molecule has 0 aliphatic carbocycles. The number of fused-ring (bicyclic) bond motifs is 1. The van der Waals surface area contributed by atoms with Crippen molar-refractivity contribution >= 4 is 0 Å². The van der Waals surface area contributed by atoms with Gasteiger partial charge >= 0.3 is 0 Å². The lowest BCUT2D eigenvalue weighted by Crippen LogP contribution is -2.19. The summed E-state index contributed by atoms with van der Waals surface area (Å²) in [5, 5.41) is 0. The molecule has 2 rings (SSSR count). The van der Waals surface area contributed by atoms with Crippen LogP contribution in [0.1, 0.15) is 37.7 Å². The fourth-order valence-corrected chi connectivity index (χ4v) is 2.09. The molecule has 1 heterocycles. The Bertz CT molecular complexity index is 324. The first kappa shape index (κ1) is 10.5. The molecule has 0 saturated carbocycles. The lowest BCUT2D eigenvalue weighted by Gasteiger charge is -2.12. The van der Waals surface area contributed by atoms with Crippen molar-refractivity contribution in [2.75, 3.05) is 6.61 Å². The van der Waals surface area contributed by atoms with Gasteiger partial charge in [0.25, 0.3) is 0 Å². The number of rotatable bonds is 4. The molecule has 0 amide bonds. The van der Waals surface area contributed by atoms with E-state index < -0.39 is 0 Å². The Morgan fingerprint density at radius 3 is 3.07 bits per heavy atom. The van der Waals surface area contributed by atoms with Crippen molar-refractivity contribution in [2.24, 2.45) is 5.73 Å². The summed E-state index contributed by atoms with van der Waals surface area (Å²) >= 11 is 0. The summed E-state index contributed by atoms with van der Waals surface area (Å²) in [6, 6.07) is 8.68. The fourth-order valence-electron chi connectivity index (χ4n) is 2.09. The van der Waals surface area contributed by atoms with E-state index in [-0.39, 0.29) is 0 Å². The van der Waals surface area contributed by atoms with Crippen molar-refractivity contribution in [3.8, 4) is 5.75 Å². The van der Waals surface area contributed by atoms with E-state index in [9.17, 15) is 0 Å². The highest BCUT2D eigenvalue weighted by Crippen LogP contribution is 2.36. The highest BCUT2D eigenvalue weighted by Gasteiger charge is 2.23. The molecule has 1 aromatic carbocycles. The van der Waals surface area contributed by atoms with Crippen LogP contribution in [-0.2, 0) is 0 Å². The zero-order valence-corrected chi connectivity index (χ0v) is 9.28. The zero-order valence-electron chi connectivity index (χ0n) is 9.28. The first-order valence-corrected chi connectivity index (χ1v) is 5.78. The van der Waals surface area contributed by atoms with Gasteiger partial charge in [-0.25, -0.2) is 0 Å². The van der Waals surface area contributed by atoms with Gasteiger partial charge in [0.15, 0.2) is 0 Å². The highest BCUT2D eigenvalue weighted by atomic mass is 16.5. The third kappa shape index (κ3) is 2.32. The molecular formula is C13H19NO. The molecule has 0 bridgehead atoms. The number of para-hydroxylation sites is 1. The van der Waals surface area contributed by atoms with Crippen LogP contribution in [0.25, 0.3) is 0 Å². The van der Waals surface area contributed by atoms with E-state index in [1.807, 2.05) is 6.07 Å². The molecule has 82 valence electrons. The van der Waals surface area contributed by atoms with Crippen LogP contribution >= 0.6 is 0 Å². The number of benzene rings is 1. The lowest BCUT2D eigenvalue weighted by atomic mass is 9.94. The molecule has 1 aromatic rings. The molecule has 0 saturated heterocycles. The van der Waals surface area contributed by atoms with Gasteiger partial charge in [0, 0.05) is 17.5 Å². The van der Waals surface area contributed by atoms with E-state index >= 15 is 0 Å². The third-order valence-electron chi connectivity index (χ3n) is 3.21. The van der Waals surface area contributed by atoms with Crippen LogP contribution in [-0.4, -0.2) is 12.6 Å². The van der Waals surface area contributed by atoms with E-state index in [0.29, 0.717) is 12.0 Å². The van der Waals surface area contributed by atoms with Crippen LogP contribution in [0.4, 0.5) is 0 Å². The Morgan fingerprint density at radius 1 is 1.47 bits per heavy atom. The number of nitrogens with two attached hydrogens (primary N) is 1. The Hall–Kier alpha value is -1.02. The Balaban J connectivity index is 1.96. The SMILES string of the molecule is CCC(N)CCC1COc2ccccc21. The van der Waals surface area contributed by atoms with Gasteiger partial charge in [-0.15, -0.1) is 0 Å². The minimum Gasteiger partial charge on any atom is -0.493 e. The number of hydrogen-bond donors (Lipinski definition) is 1. The summed E-state index contributed by atoms with van der Waals surface area (Å²) in [6.45, 7) is 2.97. The molecule has 1 aliphatic heterocycles. The van der Waals surface area contributed by atoms with Gasteiger partial charge in [0.2, 0.25) is 0 Å². The van der Waals surface area contributed by atoms with Crippen LogP contribution in [0.2, 0.25) is 0 Å². The minimum absolute atomic E-state index is 0.345. The molecule has 2 nitrogen and oxygen atoms in total. The Kier molecular flexibility index (Phi) is 3.27. The quantitative estimate of drug-likeness (QED) is 0.820. The van der Waals surface area contributed by atoms with Gasteiger partial charge < -0.3 is 10.5 Å². The molecule has 2 atom stereocenters. The van der Waals surface area contributed by atoms with Crippen molar-refractivity contribution in [2.45, 2.75) is 38.1 Å². The minimum atomic E-state index is 0.345. The van der Waals surface area contributed by atoms with E-state index in [1.54, 1.807) is 0 Å². The average molecular weight is 205 g/mol. The number of ether oxygens (including phenoxy) is 1. The van der Waals surface area contributed by atoms with E-state index in [2.05, 4.69) is 25.1 Å². The zero-order chi connectivity index (χ0) is 10.7.